The first-order valence-corrected chi connectivity index (χ1v) is 19.1. The standard InChI is InChI=1S/C26H25N3O18S5.Cu/c30-22-5-2-17(51(36,37)9-7-40-49-46-43-34)13-20(22)27-19-4-1-15-11-16(48-45-42-33)12-24(32)25(15)26(19)29-28-21-14-18(3-6-23(21)31)52(38,39)10-8-41-50-47-44-35;/h1-6,11-14,27,30-35H,7-10H2;. The summed E-state index contributed by atoms with van der Waals surface area (Å²) in [5.41, 5.74) is -0.528. The van der Waals surface area contributed by atoms with E-state index in [0.29, 0.717) is 17.4 Å². The zero-order valence-corrected chi connectivity index (χ0v) is 30.9. The van der Waals surface area contributed by atoms with Crippen LogP contribution in [0, 0.1) is 0 Å². The van der Waals surface area contributed by atoms with E-state index in [0.717, 1.165) is 36.4 Å². The van der Waals surface area contributed by atoms with Gasteiger partial charge in [0.25, 0.3) is 0 Å². The maximum absolute atomic E-state index is 12.9. The van der Waals surface area contributed by atoms with Crippen molar-refractivity contribution in [3.63, 3.8) is 0 Å². The molecule has 21 nitrogen and oxygen atoms in total. The number of phenols is 3. The summed E-state index contributed by atoms with van der Waals surface area (Å²) in [7, 11) is -8.02. The smallest absolute Gasteiger partial charge is 0.197 e. The van der Waals surface area contributed by atoms with E-state index in [1.807, 2.05) is 0 Å². The molecule has 7 N–H and O–H groups in total. The van der Waals surface area contributed by atoms with E-state index in [9.17, 15) is 32.2 Å². The Hall–Kier alpha value is -3.03. The fraction of sp³-hybridized carbons (Fsp3) is 0.154. The number of nitrogens with zero attached hydrogens (tertiary/aromatic N) is 2. The number of fused-ring (bicyclic) bond motifs is 1. The van der Waals surface area contributed by atoms with Crippen molar-refractivity contribution in [3.05, 3.63) is 60.7 Å². The van der Waals surface area contributed by atoms with E-state index in [4.69, 9.17) is 24.1 Å². The topological polar surface area (TPSA) is 300 Å². The maximum atomic E-state index is 12.9. The number of nitrogens with one attached hydrogen (secondary N) is 1. The number of aromatic hydroxyl groups is 3. The predicted octanol–water partition coefficient (Wildman–Crippen LogP) is 6.09. The first-order chi connectivity index (χ1) is 24.9. The summed E-state index contributed by atoms with van der Waals surface area (Å²) < 4.78 is 73.8. The van der Waals surface area contributed by atoms with Gasteiger partial charge in [0.15, 0.2) is 44.3 Å². The number of phenolic OH excluding ortho intramolecular Hbond substituents is 3. The minimum Gasteiger partial charge on any atom is -0.507 e. The summed E-state index contributed by atoms with van der Waals surface area (Å²) in [6.45, 7) is -0.757. The molecule has 293 valence electrons. The van der Waals surface area contributed by atoms with E-state index in [1.54, 1.807) is 0 Å². The van der Waals surface area contributed by atoms with E-state index in [-0.39, 0.29) is 97.8 Å². The van der Waals surface area contributed by atoms with Crippen molar-refractivity contribution in [2.75, 3.05) is 30.0 Å². The number of azo groups is 1. The quantitative estimate of drug-likeness (QED) is 0.00946. The van der Waals surface area contributed by atoms with Crippen molar-refractivity contribution < 1.29 is 101 Å². The monoisotopic (exact) mass is 890 g/mol. The van der Waals surface area contributed by atoms with Crippen LogP contribution in [0.15, 0.2) is 85.6 Å². The van der Waals surface area contributed by atoms with Crippen molar-refractivity contribution in [2.24, 2.45) is 10.2 Å². The molecule has 1 radical (unpaired) electrons. The molecule has 0 saturated heterocycles. The average Bonchev–Trinajstić information content (AvgIpc) is 3.11. The van der Waals surface area contributed by atoms with Crippen LogP contribution < -0.4 is 5.32 Å². The van der Waals surface area contributed by atoms with Gasteiger partial charge >= 0.3 is 0 Å². The summed E-state index contributed by atoms with van der Waals surface area (Å²) >= 11 is 0.935. The molecule has 0 amide bonds. The summed E-state index contributed by atoms with van der Waals surface area (Å²) in [5.74, 6) is -2.36. The molecule has 53 heavy (non-hydrogen) atoms. The minimum absolute atomic E-state index is 0. The Bertz CT molecular complexity index is 2100. The van der Waals surface area contributed by atoms with Crippen molar-refractivity contribution in [1.82, 2.24) is 0 Å². The third-order valence-electron chi connectivity index (χ3n) is 6.45. The third kappa shape index (κ3) is 12.5. The Kier molecular flexibility index (Phi) is 17.7. The summed E-state index contributed by atoms with van der Waals surface area (Å²) in [4.78, 5) is -0.244. The average molecular weight is 891 g/mol. The zero-order valence-electron chi connectivity index (χ0n) is 25.9. The third-order valence-corrected chi connectivity index (χ3v) is 11.1. The van der Waals surface area contributed by atoms with Gasteiger partial charge in [-0.15, -0.1) is 23.2 Å². The Balaban J connectivity index is 0.00000756. The molecule has 4 aromatic rings. The number of benzene rings is 4. The van der Waals surface area contributed by atoms with E-state index in [1.165, 1.54) is 24.3 Å². The van der Waals surface area contributed by atoms with Crippen molar-refractivity contribution in [2.45, 2.75) is 14.7 Å². The van der Waals surface area contributed by atoms with Gasteiger partial charge in [0.1, 0.15) is 28.6 Å². The fourth-order valence-electron chi connectivity index (χ4n) is 4.20. The second kappa shape index (κ2) is 21.2. The molecule has 0 bridgehead atoms. The number of sulfone groups is 2. The molecule has 0 aliphatic rings. The van der Waals surface area contributed by atoms with Crippen molar-refractivity contribution in [1.29, 1.82) is 0 Å². The van der Waals surface area contributed by atoms with Gasteiger partial charge in [-0.05, 0) is 60.0 Å². The molecular formula is C26H25CuN3O18S5. The number of rotatable bonds is 21. The zero-order chi connectivity index (χ0) is 37.7. The molecule has 0 aromatic heterocycles. The van der Waals surface area contributed by atoms with Gasteiger partial charge in [-0.1, -0.05) is 21.2 Å². The summed E-state index contributed by atoms with van der Waals surface area (Å²) in [6.07, 6.45) is 0. The Morgan fingerprint density at radius 3 is 1.83 bits per heavy atom. The van der Waals surface area contributed by atoms with Crippen molar-refractivity contribution in [3.8, 4) is 17.2 Å². The van der Waals surface area contributed by atoms with Crippen LogP contribution in [-0.2, 0) is 73.2 Å². The fourth-order valence-corrected chi connectivity index (χ4v) is 7.50. The second-order valence-corrected chi connectivity index (χ2v) is 15.6. The Morgan fingerprint density at radius 2 is 1.23 bits per heavy atom. The minimum atomic E-state index is -4.02. The predicted molar refractivity (Wildman–Crippen MR) is 181 cm³/mol. The molecule has 0 aliphatic heterocycles. The van der Waals surface area contributed by atoms with Gasteiger partial charge in [0.2, 0.25) is 0 Å². The van der Waals surface area contributed by atoms with Gasteiger partial charge < -0.3 is 20.6 Å². The van der Waals surface area contributed by atoms with E-state index < -0.39 is 48.4 Å². The first-order valence-electron chi connectivity index (χ1n) is 13.7. The summed E-state index contributed by atoms with van der Waals surface area (Å²) in [6, 6.07) is 12.3. The summed E-state index contributed by atoms with van der Waals surface area (Å²) in [5, 5.41) is 78.8. The van der Waals surface area contributed by atoms with Crippen LogP contribution >= 0.6 is 36.7 Å². The SMILES string of the molecule is O=S(=O)(CCOSOOO)c1ccc(O)c(N=Nc2c(Nc3cc(S(=O)(=O)CCOSOOO)ccc3O)ccc3cc(SOOO)cc(O)c23)c1.[Cu]. The second-order valence-electron chi connectivity index (χ2n) is 9.59. The molecular weight excluding hydrogens is 866 g/mol. The number of hydrogen-bond acceptors (Lipinski definition) is 24. The molecule has 0 atom stereocenters. The van der Waals surface area contributed by atoms with Crippen LogP contribution in [0.3, 0.4) is 0 Å². The molecule has 0 spiro atoms. The van der Waals surface area contributed by atoms with Crippen LogP contribution in [0.4, 0.5) is 22.7 Å². The number of anilines is 2. The molecule has 4 aromatic carbocycles. The molecule has 0 aliphatic carbocycles. The molecule has 4 rings (SSSR count). The van der Waals surface area contributed by atoms with Crippen molar-refractivity contribution >= 4 is 89.9 Å². The Labute approximate surface area is 322 Å². The molecule has 0 heterocycles. The molecule has 27 heteroatoms. The number of hydrogen-bond donors (Lipinski definition) is 7. The van der Waals surface area contributed by atoms with Gasteiger partial charge in [-0.25, -0.2) is 32.6 Å². The Morgan fingerprint density at radius 1 is 0.642 bits per heavy atom. The van der Waals surface area contributed by atoms with Crippen LogP contribution in [0.2, 0.25) is 0 Å². The van der Waals surface area contributed by atoms with Crippen LogP contribution in [0.25, 0.3) is 10.8 Å². The first kappa shape index (κ1) is 44.4. The van der Waals surface area contributed by atoms with Gasteiger partial charge in [0, 0.05) is 22.0 Å². The van der Waals surface area contributed by atoms with Crippen LogP contribution in [-0.4, -0.2) is 72.6 Å². The normalized spacial score (nSPS) is 12.0. The molecule has 0 fully saturated rings. The largest absolute Gasteiger partial charge is 0.507 e. The molecule has 0 unspecified atom stereocenters. The van der Waals surface area contributed by atoms with Gasteiger partial charge in [0.05, 0.1) is 63.3 Å². The van der Waals surface area contributed by atoms with E-state index >= 15 is 0 Å². The van der Waals surface area contributed by atoms with E-state index in [2.05, 4.69) is 43.7 Å². The van der Waals surface area contributed by atoms with Crippen LogP contribution in [0.1, 0.15) is 0 Å². The van der Waals surface area contributed by atoms with Gasteiger partial charge in [-0.3, -0.25) is 8.37 Å². The maximum Gasteiger partial charge on any atom is 0.197 e. The molecule has 0 saturated carbocycles. The van der Waals surface area contributed by atoms with Crippen LogP contribution in [0.5, 0.6) is 17.2 Å². The van der Waals surface area contributed by atoms with Gasteiger partial charge in [-0.2, -0.15) is 0 Å².